The summed E-state index contributed by atoms with van der Waals surface area (Å²) in [7, 11) is 3.89. The summed E-state index contributed by atoms with van der Waals surface area (Å²) >= 11 is 0. The predicted molar refractivity (Wildman–Crippen MR) is 80.6 cm³/mol. The molecule has 7 heteroatoms. The van der Waals surface area contributed by atoms with Crippen LogP contribution in [0.25, 0.3) is 0 Å². The Kier molecular flexibility index (Phi) is 6.48. The molecule has 7 nitrogen and oxygen atoms in total. The second-order valence-corrected chi connectivity index (χ2v) is 5.03. The van der Waals surface area contributed by atoms with Crippen LogP contribution < -0.4 is 15.8 Å². The molecule has 0 aromatic heterocycles. The highest BCUT2D eigenvalue weighted by molar-refractivity contribution is 5.97. The first-order chi connectivity index (χ1) is 9.92. The van der Waals surface area contributed by atoms with Crippen LogP contribution >= 0.6 is 0 Å². The molecule has 1 rings (SSSR count). The molecule has 0 saturated heterocycles. The summed E-state index contributed by atoms with van der Waals surface area (Å²) < 4.78 is 5.37. The molecule has 1 aromatic carbocycles. The average molecular weight is 294 g/mol. The number of likely N-dealkylation sites (N-methyl/N-ethyl adjacent to an activating group) is 1. The average Bonchev–Trinajstić information content (AvgIpc) is 2.43. The van der Waals surface area contributed by atoms with E-state index in [1.165, 1.54) is 0 Å². The molecule has 0 fully saturated rings. The first kappa shape index (κ1) is 16.8. The molecule has 1 unspecified atom stereocenters. The van der Waals surface area contributed by atoms with Gasteiger partial charge in [-0.25, -0.2) is 0 Å². The number of nitrogens with zero attached hydrogens (tertiary/aromatic N) is 2. The van der Waals surface area contributed by atoms with E-state index >= 15 is 0 Å². The van der Waals surface area contributed by atoms with E-state index in [1.807, 2.05) is 25.9 Å². The lowest BCUT2D eigenvalue weighted by atomic mass is 10.2. The molecule has 116 valence electrons. The third kappa shape index (κ3) is 6.13. The zero-order valence-corrected chi connectivity index (χ0v) is 12.5. The van der Waals surface area contributed by atoms with Gasteiger partial charge in [-0.1, -0.05) is 5.16 Å². The van der Waals surface area contributed by atoms with Gasteiger partial charge in [0.2, 0.25) is 0 Å². The molecule has 0 aliphatic carbocycles. The van der Waals surface area contributed by atoms with E-state index in [2.05, 4.69) is 10.5 Å². The number of nitrogens with one attached hydrogen (secondary N) is 1. The van der Waals surface area contributed by atoms with Crippen molar-refractivity contribution in [3.05, 3.63) is 29.8 Å². The topological polar surface area (TPSA) is 100 Å². The minimum Gasteiger partial charge on any atom is -0.484 e. The van der Waals surface area contributed by atoms with E-state index < -0.39 is 0 Å². The van der Waals surface area contributed by atoms with Crippen molar-refractivity contribution in [2.75, 3.05) is 27.2 Å². The van der Waals surface area contributed by atoms with Crippen molar-refractivity contribution in [2.24, 2.45) is 10.9 Å². The molecule has 1 amide bonds. The van der Waals surface area contributed by atoms with E-state index in [9.17, 15) is 4.79 Å². The molecule has 0 spiro atoms. The SMILES string of the molecule is CC(CN(C)C)NC(=O)COc1ccc(/C(N)=N/O)cc1. The molecule has 0 bridgehead atoms. The quantitative estimate of drug-likeness (QED) is 0.289. The number of carbonyl (C=O) groups is 1. The molecular weight excluding hydrogens is 272 g/mol. The Morgan fingerprint density at radius 2 is 2.05 bits per heavy atom. The maximum atomic E-state index is 11.7. The van der Waals surface area contributed by atoms with Gasteiger partial charge in [-0.3, -0.25) is 4.79 Å². The van der Waals surface area contributed by atoms with Crippen LogP contribution in [0.2, 0.25) is 0 Å². The van der Waals surface area contributed by atoms with Crippen molar-refractivity contribution in [3.8, 4) is 5.75 Å². The normalized spacial score (nSPS) is 13.0. The van der Waals surface area contributed by atoms with Crippen molar-refractivity contribution in [1.29, 1.82) is 0 Å². The van der Waals surface area contributed by atoms with E-state index in [-0.39, 0.29) is 24.4 Å². The molecule has 4 N–H and O–H groups in total. The maximum Gasteiger partial charge on any atom is 0.258 e. The fraction of sp³-hybridized carbons (Fsp3) is 0.429. The lowest BCUT2D eigenvalue weighted by Crippen LogP contribution is -2.41. The van der Waals surface area contributed by atoms with Gasteiger partial charge >= 0.3 is 0 Å². The first-order valence-corrected chi connectivity index (χ1v) is 6.57. The molecular formula is C14H22N4O3. The highest BCUT2D eigenvalue weighted by Crippen LogP contribution is 2.11. The molecule has 21 heavy (non-hydrogen) atoms. The van der Waals surface area contributed by atoms with Crippen molar-refractivity contribution in [3.63, 3.8) is 0 Å². The Labute approximate surface area is 124 Å². The largest absolute Gasteiger partial charge is 0.484 e. The van der Waals surface area contributed by atoms with E-state index in [1.54, 1.807) is 24.3 Å². The Morgan fingerprint density at radius 3 is 2.57 bits per heavy atom. The third-order valence-electron chi connectivity index (χ3n) is 2.67. The number of benzene rings is 1. The summed E-state index contributed by atoms with van der Waals surface area (Å²) in [5.41, 5.74) is 6.03. The predicted octanol–water partition coefficient (Wildman–Crippen LogP) is 0.226. The summed E-state index contributed by atoms with van der Waals surface area (Å²) in [6.45, 7) is 2.64. The van der Waals surface area contributed by atoms with Crippen molar-refractivity contribution < 1.29 is 14.7 Å². The number of hydrogen-bond acceptors (Lipinski definition) is 5. The molecule has 0 heterocycles. The minimum atomic E-state index is -0.176. The van der Waals surface area contributed by atoms with Crippen molar-refractivity contribution in [1.82, 2.24) is 10.2 Å². The Hall–Kier alpha value is -2.28. The molecule has 0 saturated carbocycles. The van der Waals surface area contributed by atoms with E-state index in [0.29, 0.717) is 11.3 Å². The number of hydrogen-bond donors (Lipinski definition) is 3. The second-order valence-electron chi connectivity index (χ2n) is 5.03. The molecule has 0 radical (unpaired) electrons. The number of amidine groups is 1. The number of ether oxygens (including phenoxy) is 1. The van der Waals surface area contributed by atoms with Gasteiger partial charge in [-0.2, -0.15) is 0 Å². The summed E-state index contributed by atoms with van der Waals surface area (Å²) in [5.74, 6) is 0.390. The first-order valence-electron chi connectivity index (χ1n) is 6.57. The third-order valence-corrected chi connectivity index (χ3v) is 2.67. The van der Waals surface area contributed by atoms with Crippen LogP contribution in [0.4, 0.5) is 0 Å². The van der Waals surface area contributed by atoms with Crippen LogP contribution in [-0.2, 0) is 4.79 Å². The van der Waals surface area contributed by atoms with Gasteiger partial charge in [0.05, 0.1) is 0 Å². The summed E-state index contributed by atoms with van der Waals surface area (Å²) in [6.07, 6.45) is 0. The zero-order chi connectivity index (χ0) is 15.8. The van der Waals surface area contributed by atoms with Gasteiger partial charge in [0.25, 0.3) is 5.91 Å². The fourth-order valence-electron chi connectivity index (χ4n) is 1.84. The van der Waals surface area contributed by atoms with Crippen LogP contribution in [-0.4, -0.2) is 55.1 Å². The van der Waals surface area contributed by atoms with Gasteiger partial charge in [-0.05, 0) is 45.3 Å². The van der Waals surface area contributed by atoms with Gasteiger partial charge in [-0.15, -0.1) is 0 Å². The fourth-order valence-corrected chi connectivity index (χ4v) is 1.84. The number of nitrogens with two attached hydrogens (primary N) is 1. The van der Waals surface area contributed by atoms with Crippen LogP contribution in [0.5, 0.6) is 5.75 Å². The van der Waals surface area contributed by atoms with Gasteiger partial charge < -0.3 is 25.9 Å². The molecule has 1 atom stereocenters. The van der Waals surface area contributed by atoms with Crippen LogP contribution in [0.15, 0.2) is 29.4 Å². The highest BCUT2D eigenvalue weighted by atomic mass is 16.5. The molecule has 1 aromatic rings. The van der Waals surface area contributed by atoms with Gasteiger partial charge in [0.15, 0.2) is 12.4 Å². The highest BCUT2D eigenvalue weighted by Gasteiger charge is 2.09. The number of oxime groups is 1. The summed E-state index contributed by atoms with van der Waals surface area (Å²) in [6, 6.07) is 6.67. The zero-order valence-electron chi connectivity index (χ0n) is 12.5. The van der Waals surface area contributed by atoms with E-state index in [0.717, 1.165) is 6.54 Å². The lowest BCUT2D eigenvalue weighted by Gasteiger charge is -2.18. The summed E-state index contributed by atoms with van der Waals surface area (Å²) in [5, 5.41) is 14.3. The standard InChI is InChI=1S/C14H22N4O3/c1-10(8-18(2)3)16-13(19)9-21-12-6-4-11(5-7-12)14(15)17-20/h4-7,10,20H,8-9H2,1-3H3,(H2,15,17)(H,16,19). The monoisotopic (exact) mass is 294 g/mol. The number of rotatable bonds is 7. The van der Waals surface area contributed by atoms with Crippen LogP contribution in [0, 0.1) is 0 Å². The van der Waals surface area contributed by atoms with Crippen molar-refractivity contribution in [2.45, 2.75) is 13.0 Å². The lowest BCUT2D eigenvalue weighted by molar-refractivity contribution is -0.123. The van der Waals surface area contributed by atoms with Gasteiger partial charge in [0.1, 0.15) is 5.75 Å². The maximum absolute atomic E-state index is 11.7. The van der Waals surface area contributed by atoms with Crippen molar-refractivity contribution >= 4 is 11.7 Å². The van der Waals surface area contributed by atoms with E-state index in [4.69, 9.17) is 15.7 Å². The second kappa shape index (κ2) is 8.11. The minimum absolute atomic E-state index is 0.0248. The van der Waals surface area contributed by atoms with Crippen LogP contribution in [0.1, 0.15) is 12.5 Å². The molecule has 0 aliphatic rings. The Balaban J connectivity index is 2.43. The van der Waals surface area contributed by atoms with Gasteiger partial charge in [0, 0.05) is 18.2 Å². The molecule has 0 aliphatic heterocycles. The summed E-state index contributed by atoms with van der Waals surface area (Å²) in [4.78, 5) is 13.7. The number of amides is 1. The smallest absolute Gasteiger partial charge is 0.258 e. The van der Waals surface area contributed by atoms with Crippen LogP contribution in [0.3, 0.4) is 0 Å². The number of carbonyl (C=O) groups excluding carboxylic acids is 1. The Bertz CT molecular complexity index is 485. The Morgan fingerprint density at radius 1 is 1.43 bits per heavy atom.